The van der Waals surface area contributed by atoms with E-state index in [1.165, 1.54) is 23.0 Å². The van der Waals surface area contributed by atoms with Crippen molar-refractivity contribution in [3.8, 4) is 6.07 Å². The van der Waals surface area contributed by atoms with Gasteiger partial charge in [0.05, 0.1) is 17.6 Å². The minimum Gasteiger partial charge on any atom is -0.325 e. The molecule has 7 nitrogen and oxygen atoms in total. The van der Waals surface area contributed by atoms with Gasteiger partial charge in [-0.2, -0.15) is 5.26 Å². The summed E-state index contributed by atoms with van der Waals surface area (Å²) in [4.78, 5) is 11.8. The number of carbonyl (C=O) groups excluding carboxylic acids is 1. The number of benzene rings is 1. The van der Waals surface area contributed by atoms with Crippen LogP contribution < -0.4 is 11.1 Å². The minimum absolute atomic E-state index is 0.103. The monoisotopic (exact) mass is 274 g/mol. The largest absolute Gasteiger partial charge is 0.325 e. The van der Waals surface area contributed by atoms with Crippen molar-refractivity contribution in [2.24, 2.45) is 5.73 Å². The van der Waals surface area contributed by atoms with Gasteiger partial charge in [-0.3, -0.25) is 4.79 Å². The molecule has 0 aliphatic heterocycles. The molecule has 8 heteroatoms. The predicted molar refractivity (Wildman–Crippen MR) is 67.7 cm³/mol. The molecule has 0 radical (unpaired) electrons. The summed E-state index contributed by atoms with van der Waals surface area (Å²) in [7, 11) is 0. The maximum atomic E-state index is 13.4. The van der Waals surface area contributed by atoms with Crippen molar-refractivity contribution in [3.63, 3.8) is 0 Å². The van der Waals surface area contributed by atoms with Crippen LogP contribution in [0.3, 0.4) is 0 Å². The van der Waals surface area contributed by atoms with E-state index in [0.717, 1.165) is 6.07 Å². The fraction of sp³-hybridized carbons (Fsp3) is 0.167. The van der Waals surface area contributed by atoms with Crippen molar-refractivity contribution in [1.29, 1.82) is 5.26 Å². The van der Waals surface area contributed by atoms with E-state index < -0.39 is 11.7 Å². The van der Waals surface area contributed by atoms with Gasteiger partial charge in [-0.25, -0.2) is 9.07 Å². The van der Waals surface area contributed by atoms with Crippen molar-refractivity contribution in [2.45, 2.75) is 13.1 Å². The molecule has 20 heavy (non-hydrogen) atoms. The summed E-state index contributed by atoms with van der Waals surface area (Å²) < 4.78 is 14.7. The third-order valence-corrected chi connectivity index (χ3v) is 2.50. The number of nitrogens with one attached hydrogen (secondary N) is 1. The quantitative estimate of drug-likeness (QED) is 0.837. The molecule has 102 valence electrons. The Balaban J connectivity index is 2.09. The number of halogens is 1. The normalized spacial score (nSPS) is 10.1. The lowest BCUT2D eigenvalue weighted by atomic mass is 10.2. The summed E-state index contributed by atoms with van der Waals surface area (Å²) in [5.74, 6) is -1.13. The third-order valence-electron chi connectivity index (χ3n) is 2.50. The average molecular weight is 274 g/mol. The van der Waals surface area contributed by atoms with Gasteiger partial charge in [-0.1, -0.05) is 11.3 Å². The van der Waals surface area contributed by atoms with Crippen LogP contribution in [0.1, 0.15) is 11.3 Å². The van der Waals surface area contributed by atoms with Crippen molar-refractivity contribution in [3.05, 3.63) is 41.5 Å². The van der Waals surface area contributed by atoms with Crippen LogP contribution in [0, 0.1) is 17.1 Å². The Kier molecular flexibility index (Phi) is 4.02. The van der Waals surface area contributed by atoms with E-state index in [0.29, 0.717) is 5.69 Å². The lowest BCUT2D eigenvalue weighted by Gasteiger charge is -2.07. The number of aromatic nitrogens is 3. The van der Waals surface area contributed by atoms with Crippen LogP contribution in [-0.4, -0.2) is 20.9 Å². The average Bonchev–Trinajstić information content (AvgIpc) is 2.86. The van der Waals surface area contributed by atoms with E-state index in [4.69, 9.17) is 11.0 Å². The van der Waals surface area contributed by atoms with Gasteiger partial charge in [0, 0.05) is 6.54 Å². The Bertz CT molecular complexity index is 675. The van der Waals surface area contributed by atoms with Gasteiger partial charge in [0.1, 0.15) is 24.0 Å². The summed E-state index contributed by atoms with van der Waals surface area (Å²) in [5.41, 5.74) is 5.85. The molecular weight excluding hydrogens is 263 g/mol. The Labute approximate surface area is 113 Å². The predicted octanol–water partition coefficient (Wildman–Crippen LogP) is 0.386. The lowest BCUT2D eigenvalue weighted by molar-refractivity contribution is -0.116. The zero-order valence-electron chi connectivity index (χ0n) is 10.4. The number of hydrogen-bond donors (Lipinski definition) is 2. The highest BCUT2D eigenvalue weighted by molar-refractivity contribution is 5.91. The van der Waals surface area contributed by atoms with E-state index in [-0.39, 0.29) is 24.3 Å². The second kappa shape index (κ2) is 5.90. The molecular formula is C12H11FN6O. The highest BCUT2D eigenvalue weighted by atomic mass is 19.1. The number of nitriles is 1. The number of hydrogen-bond acceptors (Lipinski definition) is 5. The summed E-state index contributed by atoms with van der Waals surface area (Å²) in [5, 5.41) is 18.8. The van der Waals surface area contributed by atoms with Crippen LogP contribution in [0.5, 0.6) is 0 Å². The van der Waals surface area contributed by atoms with E-state index in [1.807, 2.05) is 0 Å². The van der Waals surface area contributed by atoms with Crippen molar-refractivity contribution in [1.82, 2.24) is 15.0 Å². The second-order valence-corrected chi connectivity index (χ2v) is 3.93. The van der Waals surface area contributed by atoms with Gasteiger partial charge < -0.3 is 11.1 Å². The molecule has 0 unspecified atom stereocenters. The van der Waals surface area contributed by atoms with Crippen molar-refractivity contribution < 1.29 is 9.18 Å². The molecule has 2 rings (SSSR count). The Hall–Kier alpha value is -2.79. The number of nitrogens with zero attached hydrogens (tertiary/aromatic N) is 4. The highest BCUT2D eigenvalue weighted by Gasteiger charge is 2.11. The van der Waals surface area contributed by atoms with E-state index >= 15 is 0 Å². The highest BCUT2D eigenvalue weighted by Crippen LogP contribution is 2.17. The number of amides is 1. The molecule has 0 saturated heterocycles. The van der Waals surface area contributed by atoms with Crippen LogP contribution in [0.2, 0.25) is 0 Å². The molecule has 3 N–H and O–H groups in total. The maximum Gasteiger partial charge on any atom is 0.246 e. The fourth-order valence-electron chi connectivity index (χ4n) is 1.59. The summed E-state index contributed by atoms with van der Waals surface area (Å²) in [6.45, 7) is 0.123. The molecule has 1 aromatic carbocycles. The van der Waals surface area contributed by atoms with E-state index in [2.05, 4.69) is 15.6 Å². The molecule has 0 atom stereocenters. The number of rotatable bonds is 4. The first-order chi connectivity index (χ1) is 9.63. The molecule has 0 spiro atoms. The van der Waals surface area contributed by atoms with Gasteiger partial charge in [-0.05, 0) is 12.1 Å². The fourth-order valence-corrected chi connectivity index (χ4v) is 1.59. The van der Waals surface area contributed by atoms with Crippen LogP contribution in [0.15, 0.2) is 24.4 Å². The Morgan fingerprint density at radius 3 is 3.00 bits per heavy atom. The number of carbonyl (C=O) groups is 1. The number of anilines is 1. The molecule has 0 saturated carbocycles. The molecule has 0 bridgehead atoms. The van der Waals surface area contributed by atoms with Gasteiger partial charge in [0.25, 0.3) is 0 Å². The molecule has 1 heterocycles. The second-order valence-electron chi connectivity index (χ2n) is 3.93. The summed E-state index contributed by atoms with van der Waals surface area (Å²) >= 11 is 0. The van der Waals surface area contributed by atoms with E-state index in [1.54, 1.807) is 6.07 Å². The Morgan fingerprint density at radius 2 is 2.35 bits per heavy atom. The minimum atomic E-state index is -0.684. The summed E-state index contributed by atoms with van der Waals surface area (Å²) in [6.07, 6.45) is 1.54. The van der Waals surface area contributed by atoms with Gasteiger partial charge in [-0.15, -0.1) is 5.10 Å². The molecule has 1 aromatic heterocycles. The van der Waals surface area contributed by atoms with E-state index in [9.17, 15) is 9.18 Å². The molecule has 2 aromatic rings. The third kappa shape index (κ3) is 2.96. The molecule has 0 aliphatic rings. The van der Waals surface area contributed by atoms with Crippen molar-refractivity contribution >= 4 is 11.6 Å². The maximum absolute atomic E-state index is 13.4. The van der Waals surface area contributed by atoms with Gasteiger partial charge in [0.15, 0.2) is 0 Å². The first-order valence-electron chi connectivity index (χ1n) is 5.71. The van der Waals surface area contributed by atoms with Crippen LogP contribution in [-0.2, 0) is 17.9 Å². The zero-order chi connectivity index (χ0) is 14.5. The molecule has 0 fully saturated rings. The SMILES string of the molecule is N#Cc1c(F)cccc1NC(=O)Cn1cc(CN)nn1. The van der Waals surface area contributed by atoms with Gasteiger partial charge >= 0.3 is 0 Å². The van der Waals surface area contributed by atoms with Gasteiger partial charge in [0.2, 0.25) is 5.91 Å². The topological polar surface area (TPSA) is 110 Å². The van der Waals surface area contributed by atoms with Crippen LogP contribution in [0.4, 0.5) is 10.1 Å². The van der Waals surface area contributed by atoms with Crippen LogP contribution >= 0.6 is 0 Å². The Morgan fingerprint density at radius 1 is 1.55 bits per heavy atom. The number of nitrogens with two attached hydrogens (primary N) is 1. The smallest absolute Gasteiger partial charge is 0.246 e. The molecule has 0 aliphatic carbocycles. The van der Waals surface area contributed by atoms with Crippen LogP contribution in [0.25, 0.3) is 0 Å². The lowest BCUT2D eigenvalue weighted by Crippen LogP contribution is -2.20. The zero-order valence-corrected chi connectivity index (χ0v) is 10.4. The standard InChI is InChI=1S/C12H11FN6O/c13-10-2-1-3-11(9(10)5-15)16-12(20)7-19-6-8(4-14)17-18-19/h1-3,6H,4,7,14H2,(H,16,20). The van der Waals surface area contributed by atoms with Crippen molar-refractivity contribution in [2.75, 3.05) is 5.32 Å². The summed E-state index contributed by atoms with van der Waals surface area (Å²) in [6, 6.07) is 5.72. The first-order valence-corrected chi connectivity index (χ1v) is 5.71. The first kappa shape index (κ1) is 13.6. The molecule has 1 amide bonds.